The molecule has 13 heteroatoms. The summed E-state index contributed by atoms with van der Waals surface area (Å²) >= 11 is 1.18. The summed E-state index contributed by atoms with van der Waals surface area (Å²) in [5.41, 5.74) is 2.42. The fourth-order valence-electron chi connectivity index (χ4n) is 5.23. The third-order valence-electron chi connectivity index (χ3n) is 6.88. The molecule has 0 unspecified atom stereocenters. The molecule has 5 rings (SSSR count). The van der Waals surface area contributed by atoms with Crippen LogP contribution in [-0.4, -0.2) is 45.7 Å². The molecule has 198 valence electrons. The van der Waals surface area contributed by atoms with Gasteiger partial charge in [0.15, 0.2) is 0 Å². The van der Waals surface area contributed by atoms with E-state index < -0.39 is 36.0 Å². The lowest BCUT2D eigenvalue weighted by atomic mass is 9.74. The predicted molar refractivity (Wildman–Crippen MR) is 131 cm³/mol. The number of fused-ring (bicyclic) bond motifs is 1. The van der Waals surface area contributed by atoms with Crippen molar-refractivity contribution in [1.29, 1.82) is 5.26 Å². The number of Topliss-reactive ketones (excluding diaryl/α,β-unsaturated/α-hetero) is 1. The lowest BCUT2D eigenvalue weighted by molar-refractivity contribution is -0.144. The maximum Gasteiger partial charge on any atom is 0.257 e. The number of benzene rings is 1. The minimum absolute atomic E-state index is 0.146. The van der Waals surface area contributed by atoms with E-state index in [0.717, 1.165) is 18.2 Å². The number of nitriles is 1. The third kappa shape index (κ3) is 4.70. The van der Waals surface area contributed by atoms with Crippen molar-refractivity contribution >= 4 is 28.7 Å². The topological polar surface area (TPSA) is 122 Å². The fraction of sp³-hybridized carbons (Fsp3) is 0.400. The number of carbonyl (C=O) groups is 2. The Balaban J connectivity index is 1.27. The van der Waals surface area contributed by atoms with Crippen LogP contribution >= 0.6 is 11.3 Å². The zero-order chi connectivity index (χ0) is 27.1. The van der Waals surface area contributed by atoms with E-state index >= 15 is 0 Å². The number of alkyl halides is 2. The first-order chi connectivity index (χ1) is 18.1. The van der Waals surface area contributed by atoms with Crippen LogP contribution in [0.3, 0.4) is 0 Å². The summed E-state index contributed by atoms with van der Waals surface area (Å²) in [6, 6.07) is 5.45. The van der Waals surface area contributed by atoms with Crippen molar-refractivity contribution < 1.29 is 27.5 Å². The summed E-state index contributed by atoms with van der Waals surface area (Å²) in [5.74, 6) is -4.30. The smallest absolute Gasteiger partial charge is 0.257 e. The number of ketones is 1. The highest BCUT2D eigenvalue weighted by Gasteiger charge is 2.59. The van der Waals surface area contributed by atoms with Crippen LogP contribution in [0.25, 0.3) is 0 Å². The van der Waals surface area contributed by atoms with Gasteiger partial charge < -0.3 is 14.6 Å². The van der Waals surface area contributed by atoms with E-state index in [1.807, 2.05) is 4.57 Å². The molecule has 2 aromatic heterocycles. The Labute approximate surface area is 219 Å². The second-order valence-electron chi connectivity index (χ2n) is 9.44. The van der Waals surface area contributed by atoms with E-state index in [-0.39, 0.29) is 30.4 Å². The second kappa shape index (κ2) is 9.94. The number of hydrogen-bond acceptors (Lipinski definition) is 8. The summed E-state index contributed by atoms with van der Waals surface area (Å²) in [5, 5.41) is 22.8. The van der Waals surface area contributed by atoms with Gasteiger partial charge in [-0.1, -0.05) is 0 Å². The van der Waals surface area contributed by atoms with Crippen LogP contribution in [0.5, 0.6) is 0 Å². The van der Waals surface area contributed by atoms with Crippen molar-refractivity contribution in [2.75, 3.05) is 18.7 Å². The SMILES string of the molecule is Cc1c(C(=O)Nc2ccc(F)c(C#N)c2)c2n(c1C(=O)COCNC1(c3nncs3)CC(F)(F)C1)CCC2. The van der Waals surface area contributed by atoms with Gasteiger partial charge in [-0.3, -0.25) is 14.9 Å². The molecule has 0 spiro atoms. The first kappa shape index (κ1) is 26.0. The minimum atomic E-state index is -2.81. The number of carbonyl (C=O) groups excluding carboxylic acids is 2. The summed E-state index contributed by atoms with van der Waals surface area (Å²) in [6.07, 6.45) is 0.497. The van der Waals surface area contributed by atoms with Crippen molar-refractivity contribution in [3.63, 3.8) is 0 Å². The largest absolute Gasteiger partial charge is 0.358 e. The van der Waals surface area contributed by atoms with Crippen LogP contribution in [0.1, 0.15) is 61.9 Å². The van der Waals surface area contributed by atoms with Crippen molar-refractivity contribution in [2.45, 2.75) is 50.6 Å². The average Bonchev–Trinajstić information content (AvgIpc) is 3.59. The molecule has 0 bridgehead atoms. The van der Waals surface area contributed by atoms with Gasteiger partial charge in [0, 0.05) is 30.8 Å². The summed E-state index contributed by atoms with van der Waals surface area (Å²) in [4.78, 5) is 26.3. The Hall–Kier alpha value is -3.60. The highest BCUT2D eigenvalue weighted by molar-refractivity contribution is 7.09. The maximum absolute atomic E-state index is 13.7. The van der Waals surface area contributed by atoms with Gasteiger partial charge in [0.1, 0.15) is 29.0 Å². The normalized spacial score (nSPS) is 16.9. The average molecular weight is 545 g/mol. The van der Waals surface area contributed by atoms with Gasteiger partial charge in [-0.15, -0.1) is 21.5 Å². The number of nitrogens with zero attached hydrogens (tertiary/aromatic N) is 4. The van der Waals surface area contributed by atoms with Crippen molar-refractivity contribution in [2.24, 2.45) is 0 Å². The van der Waals surface area contributed by atoms with Crippen molar-refractivity contribution in [3.8, 4) is 6.07 Å². The zero-order valence-electron chi connectivity index (χ0n) is 20.3. The summed E-state index contributed by atoms with van der Waals surface area (Å²) < 4.78 is 48.3. The molecule has 1 amide bonds. The lowest BCUT2D eigenvalue weighted by Gasteiger charge is -2.46. The Morgan fingerprint density at radius 1 is 1.32 bits per heavy atom. The molecular formula is C25H23F3N6O3S. The molecule has 38 heavy (non-hydrogen) atoms. The van der Waals surface area contributed by atoms with Gasteiger partial charge in [-0.05, 0) is 43.5 Å². The quantitative estimate of drug-likeness (QED) is 0.238. The highest BCUT2D eigenvalue weighted by atomic mass is 32.1. The summed E-state index contributed by atoms with van der Waals surface area (Å²) in [7, 11) is 0. The molecule has 3 heterocycles. The molecule has 2 aliphatic rings. The van der Waals surface area contributed by atoms with E-state index in [1.54, 1.807) is 13.0 Å². The van der Waals surface area contributed by atoms with Gasteiger partial charge in [0.25, 0.3) is 11.8 Å². The maximum atomic E-state index is 13.7. The van der Waals surface area contributed by atoms with E-state index in [0.29, 0.717) is 34.8 Å². The summed E-state index contributed by atoms with van der Waals surface area (Å²) in [6.45, 7) is 1.78. The Kier molecular flexibility index (Phi) is 6.81. The van der Waals surface area contributed by atoms with Crippen LogP contribution in [0.4, 0.5) is 18.9 Å². The van der Waals surface area contributed by atoms with Crippen LogP contribution in [0.15, 0.2) is 23.7 Å². The first-order valence-electron chi connectivity index (χ1n) is 11.9. The van der Waals surface area contributed by atoms with Gasteiger partial charge in [0.2, 0.25) is 5.78 Å². The second-order valence-corrected chi connectivity index (χ2v) is 10.3. The molecule has 0 saturated heterocycles. The zero-order valence-corrected chi connectivity index (χ0v) is 21.1. The van der Waals surface area contributed by atoms with Gasteiger partial charge in [0.05, 0.1) is 29.1 Å². The molecule has 1 saturated carbocycles. The Morgan fingerprint density at radius 3 is 2.79 bits per heavy atom. The van der Waals surface area contributed by atoms with Crippen LogP contribution in [0, 0.1) is 24.1 Å². The molecule has 1 aromatic carbocycles. The minimum Gasteiger partial charge on any atom is -0.358 e. The van der Waals surface area contributed by atoms with E-state index in [2.05, 4.69) is 20.8 Å². The monoisotopic (exact) mass is 544 g/mol. The number of ether oxygens (including phenoxy) is 1. The Morgan fingerprint density at radius 2 is 2.11 bits per heavy atom. The molecule has 1 aliphatic carbocycles. The van der Waals surface area contributed by atoms with E-state index in [1.165, 1.54) is 29.0 Å². The molecular weight excluding hydrogens is 521 g/mol. The van der Waals surface area contributed by atoms with Crippen LogP contribution in [0.2, 0.25) is 0 Å². The molecule has 9 nitrogen and oxygen atoms in total. The Bertz CT molecular complexity index is 1440. The van der Waals surface area contributed by atoms with Gasteiger partial charge >= 0.3 is 0 Å². The van der Waals surface area contributed by atoms with E-state index in [4.69, 9.17) is 10.00 Å². The number of halogens is 3. The number of rotatable bonds is 9. The number of aromatic nitrogens is 3. The molecule has 1 fully saturated rings. The van der Waals surface area contributed by atoms with Gasteiger partial charge in [-0.25, -0.2) is 13.2 Å². The van der Waals surface area contributed by atoms with E-state index in [9.17, 15) is 22.8 Å². The molecule has 2 N–H and O–H groups in total. The molecule has 0 radical (unpaired) electrons. The van der Waals surface area contributed by atoms with Crippen LogP contribution < -0.4 is 10.6 Å². The van der Waals surface area contributed by atoms with Crippen LogP contribution in [-0.2, 0) is 23.2 Å². The molecule has 0 atom stereocenters. The third-order valence-corrected chi connectivity index (χ3v) is 7.78. The van der Waals surface area contributed by atoms with Gasteiger partial charge in [-0.2, -0.15) is 5.26 Å². The number of amides is 1. The molecule has 3 aromatic rings. The standard InChI is InChI=1S/C25H23F3N6O3S/c1-14-20(22(36)32-16-4-5-17(26)15(7-16)8-29)18-3-2-6-34(18)21(14)19(35)9-37-12-30-24(10-25(27,28)11-24)23-33-31-13-38-23/h4-5,7,13,30H,2-3,6,9-12H2,1H3,(H,32,36). The lowest BCUT2D eigenvalue weighted by Crippen LogP contribution is -2.58. The van der Waals surface area contributed by atoms with Crippen molar-refractivity contribution in [1.82, 2.24) is 20.1 Å². The highest BCUT2D eigenvalue weighted by Crippen LogP contribution is 2.51. The predicted octanol–water partition coefficient (Wildman–Crippen LogP) is 3.93. The number of anilines is 1. The number of nitrogens with one attached hydrogen (secondary N) is 2. The number of hydrogen-bond donors (Lipinski definition) is 2. The van der Waals surface area contributed by atoms with Crippen molar-refractivity contribution in [3.05, 3.63) is 62.6 Å². The fourth-order valence-corrected chi connectivity index (χ4v) is 5.96. The molecule has 1 aliphatic heterocycles. The first-order valence-corrected chi connectivity index (χ1v) is 12.8.